The zero-order valence-corrected chi connectivity index (χ0v) is 15.7. The lowest BCUT2D eigenvalue weighted by Crippen LogP contribution is -2.43. The molecule has 30 heavy (non-hydrogen) atoms. The second kappa shape index (κ2) is 10.2. The number of benzene rings is 2. The molecule has 0 bridgehead atoms. The highest BCUT2D eigenvalue weighted by molar-refractivity contribution is 5.33. The number of alkyl halides is 6. The highest BCUT2D eigenvalue weighted by Crippen LogP contribution is 2.36. The van der Waals surface area contributed by atoms with Crippen LogP contribution in [-0.4, -0.2) is 42.5 Å². The Morgan fingerprint density at radius 2 is 1.50 bits per heavy atom. The fourth-order valence-electron chi connectivity index (χ4n) is 2.75. The van der Waals surface area contributed by atoms with Gasteiger partial charge in [0, 0.05) is 19.6 Å². The van der Waals surface area contributed by atoms with Crippen LogP contribution in [0.1, 0.15) is 16.7 Å². The van der Waals surface area contributed by atoms with Crippen LogP contribution >= 0.6 is 0 Å². The molecule has 0 radical (unpaired) electrons. The van der Waals surface area contributed by atoms with Gasteiger partial charge in [0.2, 0.25) is 0 Å². The van der Waals surface area contributed by atoms with Crippen molar-refractivity contribution < 1.29 is 40.6 Å². The van der Waals surface area contributed by atoms with Crippen LogP contribution in [0.15, 0.2) is 48.5 Å². The van der Waals surface area contributed by atoms with E-state index in [-0.39, 0.29) is 43.6 Å². The fraction of sp³-hybridized carbons (Fsp3) is 0.400. The summed E-state index contributed by atoms with van der Waals surface area (Å²) in [4.78, 5) is 1.72. The molecule has 2 aromatic rings. The number of hydrogen-bond donors (Lipinski definition) is 1. The number of aliphatic hydroxyl groups excluding tert-OH is 1. The van der Waals surface area contributed by atoms with Crippen LogP contribution in [0.25, 0.3) is 0 Å². The molecule has 0 spiro atoms. The molecule has 1 saturated heterocycles. The smallest absolute Gasteiger partial charge is 0.367 e. The third-order valence-corrected chi connectivity index (χ3v) is 4.23. The lowest BCUT2D eigenvalue weighted by atomic mass is 10.0. The van der Waals surface area contributed by atoms with E-state index >= 15 is 0 Å². The molecule has 0 aliphatic carbocycles. The Hall–Kier alpha value is -2.17. The molecule has 1 aliphatic rings. The van der Waals surface area contributed by atoms with Crippen LogP contribution in [-0.2, 0) is 23.5 Å². The van der Waals surface area contributed by atoms with Gasteiger partial charge in [-0.1, -0.05) is 18.2 Å². The van der Waals surface area contributed by atoms with E-state index in [2.05, 4.69) is 0 Å². The number of morpholine rings is 1. The Balaban J connectivity index is 0.000000386. The summed E-state index contributed by atoms with van der Waals surface area (Å²) in [6, 6.07) is 9.51. The van der Waals surface area contributed by atoms with Crippen molar-refractivity contribution in [3.8, 4) is 0 Å². The maximum Gasteiger partial charge on any atom is 0.416 e. The van der Waals surface area contributed by atoms with E-state index in [0.717, 1.165) is 12.1 Å². The Morgan fingerprint density at radius 1 is 0.933 bits per heavy atom. The summed E-state index contributed by atoms with van der Waals surface area (Å²) in [5, 5.41) is 9.32. The third-order valence-electron chi connectivity index (χ3n) is 4.23. The van der Waals surface area contributed by atoms with E-state index < -0.39 is 29.8 Å². The summed E-state index contributed by atoms with van der Waals surface area (Å²) in [7, 11) is 0. The first-order chi connectivity index (χ1) is 13.9. The summed E-state index contributed by atoms with van der Waals surface area (Å²) in [5.74, 6) is -0.178. The standard InChI is InChI=1S/C14H15F6NO2.C6H5F/c15-13(16,17)10-5-9(6-11(7-10)14(18,19)20)1-2-21-3-4-23-12(22)8-21;7-6-4-2-1-3-5-6/h5-7,12,22H,1-4,8H2;1-5H/t12-;/m1./s1. The minimum atomic E-state index is -4.84. The zero-order valence-electron chi connectivity index (χ0n) is 15.7. The van der Waals surface area contributed by atoms with Gasteiger partial charge in [-0.05, 0) is 42.3 Å². The molecule has 3 nitrogen and oxygen atoms in total. The lowest BCUT2D eigenvalue weighted by molar-refractivity contribution is -0.145. The second-order valence-electron chi connectivity index (χ2n) is 6.59. The van der Waals surface area contributed by atoms with Crippen molar-refractivity contribution in [1.29, 1.82) is 0 Å². The second-order valence-corrected chi connectivity index (χ2v) is 6.59. The topological polar surface area (TPSA) is 32.7 Å². The fourth-order valence-corrected chi connectivity index (χ4v) is 2.75. The Labute approximate surface area is 168 Å². The first-order valence-electron chi connectivity index (χ1n) is 8.96. The molecule has 10 heteroatoms. The van der Waals surface area contributed by atoms with Crippen molar-refractivity contribution in [2.24, 2.45) is 0 Å². The van der Waals surface area contributed by atoms with Crippen molar-refractivity contribution in [2.45, 2.75) is 25.1 Å². The van der Waals surface area contributed by atoms with Crippen LogP contribution in [0.3, 0.4) is 0 Å². The van der Waals surface area contributed by atoms with Crippen molar-refractivity contribution >= 4 is 0 Å². The Bertz CT molecular complexity index is 762. The zero-order chi connectivity index (χ0) is 22.4. The predicted octanol–water partition coefficient (Wildman–Crippen LogP) is 4.74. The minimum absolute atomic E-state index is 0.0136. The van der Waals surface area contributed by atoms with Crippen molar-refractivity contribution in [3.05, 3.63) is 71.0 Å². The maximum atomic E-state index is 12.8. The van der Waals surface area contributed by atoms with Gasteiger partial charge in [-0.3, -0.25) is 4.90 Å². The Kier molecular flexibility index (Phi) is 8.22. The summed E-state index contributed by atoms with van der Waals surface area (Å²) in [5.41, 5.74) is -2.68. The number of aliphatic hydroxyl groups is 1. The maximum absolute atomic E-state index is 12.8. The van der Waals surface area contributed by atoms with E-state index in [9.17, 15) is 35.8 Å². The molecule has 0 amide bonds. The van der Waals surface area contributed by atoms with Gasteiger partial charge in [0.15, 0.2) is 6.29 Å². The Morgan fingerprint density at radius 3 is 1.93 bits per heavy atom. The number of ether oxygens (including phenoxy) is 1. The highest BCUT2D eigenvalue weighted by Gasteiger charge is 2.36. The van der Waals surface area contributed by atoms with E-state index in [1.54, 1.807) is 23.1 Å². The van der Waals surface area contributed by atoms with Crippen LogP contribution in [0, 0.1) is 5.82 Å². The molecule has 2 aromatic carbocycles. The van der Waals surface area contributed by atoms with Crippen molar-refractivity contribution in [2.75, 3.05) is 26.2 Å². The molecule has 0 unspecified atom stereocenters. The van der Waals surface area contributed by atoms with Crippen LogP contribution in [0.4, 0.5) is 30.7 Å². The largest absolute Gasteiger partial charge is 0.416 e. The number of rotatable bonds is 3. The quantitative estimate of drug-likeness (QED) is 0.702. The van der Waals surface area contributed by atoms with Gasteiger partial charge in [-0.2, -0.15) is 26.3 Å². The molecule has 0 saturated carbocycles. The van der Waals surface area contributed by atoms with Gasteiger partial charge in [0.1, 0.15) is 5.82 Å². The van der Waals surface area contributed by atoms with Crippen LogP contribution in [0.5, 0.6) is 0 Å². The van der Waals surface area contributed by atoms with Gasteiger partial charge in [-0.25, -0.2) is 4.39 Å². The molecule has 1 aliphatic heterocycles. The van der Waals surface area contributed by atoms with Crippen molar-refractivity contribution in [1.82, 2.24) is 4.90 Å². The molecular formula is C20H20F7NO2. The van der Waals surface area contributed by atoms with Gasteiger partial charge < -0.3 is 9.84 Å². The van der Waals surface area contributed by atoms with Crippen LogP contribution in [0.2, 0.25) is 0 Å². The van der Waals surface area contributed by atoms with E-state index in [1.807, 2.05) is 0 Å². The van der Waals surface area contributed by atoms with Gasteiger partial charge >= 0.3 is 12.4 Å². The summed E-state index contributed by atoms with van der Waals surface area (Å²) < 4.78 is 93.3. The van der Waals surface area contributed by atoms with Crippen molar-refractivity contribution in [3.63, 3.8) is 0 Å². The number of halogens is 7. The van der Waals surface area contributed by atoms with Gasteiger partial charge in [0.05, 0.1) is 17.7 Å². The predicted molar refractivity (Wildman–Crippen MR) is 94.9 cm³/mol. The summed E-state index contributed by atoms with van der Waals surface area (Å²) >= 11 is 0. The average Bonchev–Trinajstić information content (AvgIpc) is 2.66. The number of β-amino-alcohol motifs (C(OH)–C–C–N with tert-alkyl or cyclic N) is 1. The van der Waals surface area contributed by atoms with Gasteiger partial charge in [0.25, 0.3) is 0 Å². The average molecular weight is 439 g/mol. The first kappa shape index (κ1) is 24.1. The monoisotopic (exact) mass is 439 g/mol. The molecule has 1 heterocycles. The summed E-state index contributed by atoms with van der Waals surface area (Å²) in [6.07, 6.45) is -10.7. The van der Waals surface area contributed by atoms with E-state index in [1.165, 1.54) is 12.1 Å². The number of nitrogens with zero attached hydrogens (tertiary/aromatic N) is 1. The van der Waals surface area contributed by atoms with Crippen LogP contribution < -0.4 is 0 Å². The SMILES string of the molecule is Fc1ccccc1.O[C@H]1CN(CCc2cc(C(F)(F)F)cc(C(F)(F)F)c2)CCO1. The van der Waals surface area contributed by atoms with Gasteiger partial charge in [-0.15, -0.1) is 0 Å². The lowest BCUT2D eigenvalue weighted by Gasteiger charge is -2.30. The minimum Gasteiger partial charge on any atom is -0.367 e. The molecule has 166 valence electrons. The van der Waals surface area contributed by atoms with E-state index in [0.29, 0.717) is 6.54 Å². The normalized spacial score (nSPS) is 17.9. The van der Waals surface area contributed by atoms with E-state index in [4.69, 9.17) is 4.74 Å². The highest BCUT2D eigenvalue weighted by atomic mass is 19.4. The molecule has 1 fully saturated rings. The molecule has 1 atom stereocenters. The molecular weight excluding hydrogens is 419 g/mol. The third kappa shape index (κ3) is 7.92. The molecule has 1 N–H and O–H groups in total. The molecule has 3 rings (SSSR count). The summed E-state index contributed by atoms with van der Waals surface area (Å²) in [6.45, 7) is 1.13. The first-order valence-corrected chi connectivity index (χ1v) is 8.96. The molecule has 0 aromatic heterocycles. The number of hydrogen-bond acceptors (Lipinski definition) is 3.